The second-order valence-corrected chi connectivity index (χ2v) is 7.87. The van der Waals surface area contributed by atoms with E-state index in [4.69, 9.17) is 5.73 Å². The van der Waals surface area contributed by atoms with Gasteiger partial charge in [0.1, 0.15) is 0 Å². The minimum Gasteiger partial charge on any atom is -0.325 e. The van der Waals surface area contributed by atoms with Gasteiger partial charge in [0, 0.05) is 5.54 Å². The van der Waals surface area contributed by atoms with E-state index in [-0.39, 0.29) is 5.54 Å². The van der Waals surface area contributed by atoms with Gasteiger partial charge in [-0.05, 0) is 60.8 Å². The summed E-state index contributed by atoms with van der Waals surface area (Å²) in [6.45, 7) is 2.38. The minimum atomic E-state index is 0.130. The Morgan fingerprint density at radius 1 is 1.05 bits per heavy atom. The number of rotatable bonds is 2. The van der Waals surface area contributed by atoms with Crippen LogP contribution in [0.3, 0.4) is 0 Å². The molecule has 0 aliphatic heterocycles. The number of hydrogen-bond acceptors (Lipinski definition) is 1. The summed E-state index contributed by atoms with van der Waals surface area (Å²) < 4.78 is 0. The van der Waals surface area contributed by atoms with Crippen LogP contribution in [0.2, 0.25) is 0 Å². The monoisotopic (exact) mass is 255 g/mol. The van der Waals surface area contributed by atoms with Crippen molar-refractivity contribution in [1.82, 2.24) is 0 Å². The molecule has 0 amide bonds. The van der Waals surface area contributed by atoms with Gasteiger partial charge in [-0.3, -0.25) is 0 Å². The maximum absolute atomic E-state index is 6.80. The molecule has 1 aromatic rings. The second-order valence-electron chi connectivity index (χ2n) is 7.87. The van der Waals surface area contributed by atoms with E-state index in [1.807, 2.05) is 0 Å². The van der Waals surface area contributed by atoms with Crippen molar-refractivity contribution in [3.8, 4) is 0 Å². The molecule has 4 bridgehead atoms. The summed E-state index contributed by atoms with van der Waals surface area (Å²) in [4.78, 5) is 0. The predicted molar refractivity (Wildman–Crippen MR) is 79.0 cm³/mol. The van der Waals surface area contributed by atoms with Crippen molar-refractivity contribution < 1.29 is 0 Å². The first-order valence-electron chi connectivity index (χ1n) is 7.92. The fourth-order valence-corrected chi connectivity index (χ4v) is 6.22. The summed E-state index contributed by atoms with van der Waals surface area (Å²) in [5.74, 6) is 0.876. The molecule has 4 aliphatic carbocycles. The van der Waals surface area contributed by atoms with Gasteiger partial charge in [-0.2, -0.15) is 0 Å². The molecule has 4 saturated carbocycles. The highest BCUT2D eigenvalue weighted by molar-refractivity contribution is 5.32. The zero-order valence-corrected chi connectivity index (χ0v) is 12.0. The fourth-order valence-electron chi connectivity index (χ4n) is 6.22. The standard InChI is InChI=1S/C18H25N/c1-2-16-8-14-9-17(11-16,13-18(19,10-14)12-16)15-6-4-3-5-7-15/h3-7,14H,2,8-13,19H2,1H3/t14-,16+,17-,18-/m1/s1. The maximum Gasteiger partial charge on any atom is 0.0170 e. The van der Waals surface area contributed by atoms with Gasteiger partial charge >= 0.3 is 0 Å². The highest BCUT2D eigenvalue weighted by Crippen LogP contribution is 2.67. The lowest BCUT2D eigenvalue weighted by Crippen LogP contribution is -2.65. The first-order valence-corrected chi connectivity index (χ1v) is 7.92. The van der Waals surface area contributed by atoms with Crippen molar-refractivity contribution in [2.75, 3.05) is 0 Å². The molecule has 0 spiro atoms. The number of hydrogen-bond donors (Lipinski definition) is 1. The van der Waals surface area contributed by atoms with E-state index in [0.717, 1.165) is 5.92 Å². The van der Waals surface area contributed by atoms with Crippen LogP contribution in [0.25, 0.3) is 0 Å². The number of nitrogens with two attached hydrogens (primary N) is 1. The molecule has 0 aromatic heterocycles. The van der Waals surface area contributed by atoms with Crippen molar-refractivity contribution in [3.63, 3.8) is 0 Å². The van der Waals surface area contributed by atoms with E-state index in [0.29, 0.717) is 10.8 Å². The van der Waals surface area contributed by atoms with Crippen molar-refractivity contribution in [2.45, 2.75) is 62.8 Å². The van der Waals surface area contributed by atoms with Crippen LogP contribution in [0.5, 0.6) is 0 Å². The van der Waals surface area contributed by atoms with Crippen molar-refractivity contribution in [1.29, 1.82) is 0 Å². The molecule has 0 heterocycles. The molecule has 4 fully saturated rings. The molecule has 1 heteroatoms. The molecule has 102 valence electrons. The van der Waals surface area contributed by atoms with Crippen LogP contribution >= 0.6 is 0 Å². The van der Waals surface area contributed by atoms with Crippen LogP contribution in [0.4, 0.5) is 0 Å². The molecule has 0 radical (unpaired) electrons. The Morgan fingerprint density at radius 3 is 2.53 bits per heavy atom. The molecule has 19 heavy (non-hydrogen) atoms. The summed E-state index contributed by atoms with van der Waals surface area (Å²) in [5, 5.41) is 0. The Labute approximate surface area is 116 Å². The van der Waals surface area contributed by atoms with Crippen LogP contribution < -0.4 is 5.73 Å². The van der Waals surface area contributed by atoms with Gasteiger partial charge in [0.25, 0.3) is 0 Å². The Bertz CT molecular complexity index is 496. The summed E-state index contributed by atoms with van der Waals surface area (Å²) in [6.07, 6.45) is 9.31. The molecule has 4 aliphatic rings. The zero-order valence-electron chi connectivity index (χ0n) is 12.0. The number of benzene rings is 1. The van der Waals surface area contributed by atoms with Crippen LogP contribution in [0.15, 0.2) is 30.3 Å². The quantitative estimate of drug-likeness (QED) is 0.848. The van der Waals surface area contributed by atoms with Crippen LogP contribution in [-0.2, 0) is 5.41 Å². The second kappa shape index (κ2) is 3.63. The summed E-state index contributed by atoms with van der Waals surface area (Å²) in [7, 11) is 0. The van der Waals surface area contributed by atoms with Gasteiger partial charge in [0.05, 0.1) is 0 Å². The predicted octanol–water partition coefficient (Wildman–Crippen LogP) is 4.02. The first-order chi connectivity index (χ1) is 9.07. The third-order valence-corrected chi connectivity index (χ3v) is 6.36. The van der Waals surface area contributed by atoms with Gasteiger partial charge in [-0.15, -0.1) is 0 Å². The lowest BCUT2D eigenvalue weighted by molar-refractivity contribution is -0.0870. The van der Waals surface area contributed by atoms with Gasteiger partial charge in [0.2, 0.25) is 0 Å². The van der Waals surface area contributed by atoms with Crippen molar-refractivity contribution >= 4 is 0 Å². The zero-order chi connectivity index (χ0) is 13.1. The normalized spacial score (nSPS) is 47.6. The lowest BCUT2D eigenvalue weighted by atomic mass is 9.40. The van der Waals surface area contributed by atoms with Crippen LogP contribution in [0, 0.1) is 11.3 Å². The topological polar surface area (TPSA) is 26.0 Å². The van der Waals surface area contributed by atoms with E-state index >= 15 is 0 Å². The molecule has 1 nitrogen and oxygen atoms in total. The molecule has 1 aromatic carbocycles. The minimum absolute atomic E-state index is 0.130. The van der Waals surface area contributed by atoms with Crippen molar-refractivity contribution in [3.05, 3.63) is 35.9 Å². The average molecular weight is 255 g/mol. The van der Waals surface area contributed by atoms with Crippen LogP contribution in [-0.4, -0.2) is 5.54 Å². The molecule has 0 unspecified atom stereocenters. The van der Waals surface area contributed by atoms with E-state index < -0.39 is 0 Å². The van der Waals surface area contributed by atoms with Crippen molar-refractivity contribution in [2.24, 2.45) is 17.1 Å². The first kappa shape index (κ1) is 12.0. The highest BCUT2D eigenvalue weighted by atomic mass is 14.8. The molecule has 2 N–H and O–H groups in total. The molecule has 0 saturated heterocycles. The van der Waals surface area contributed by atoms with Gasteiger partial charge in [-0.25, -0.2) is 0 Å². The maximum atomic E-state index is 6.80. The van der Waals surface area contributed by atoms with Gasteiger partial charge < -0.3 is 5.73 Å². The summed E-state index contributed by atoms with van der Waals surface area (Å²) in [5.41, 5.74) is 9.44. The smallest absolute Gasteiger partial charge is 0.0170 e. The molecule has 5 rings (SSSR count). The van der Waals surface area contributed by atoms with E-state index in [1.54, 1.807) is 5.56 Å². The summed E-state index contributed by atoms with van der Waals surface area (Å²) in [6, 6.07) is 11.2. The van der Waals surface area contributed by atoms with E-state index in [1.165, 1.54) is 44.9 Å². The third kappa shape index (κ3) is 1.64. The summed E-state index contributed by atoms with van der Waals surface area (Å²) >= 11 is 0. The lowest BCUT2D eigenvalue weighted by Gasteiger charge is -2.66. The molecular weight excluding hydrogens is 230 g/mol. The Kier molecular flexibility index (Phi) is 2.29. The Balaban J connectivity index is 1.82. The SMILES string of the molecule is CC[C@@]12C[C@H]3C[C@@](N)(C1)C[C@@](c1ccccc1)(C3)C2. The van der Waals surface area contributed by atoms with E-state index in [9.17, 15) is 0 Å². The van der Waals surface area contributed by atoms with Gasteiger partial charge in [0.15, 0.2) is 0 Å². The van der Waals surface area contributed by atoms with Crippen LogP contribution in [0.1, 0.15) is 57.4 Å². The highest BCUT2D eigenvalue weighted by Gasteiger charge is 2.61. The molecule has 4 atom stereocenters. The largest absolute Gasteiger partial charge is 0.325 e. The average Bonchev–Trinajstić information content (AvgIpc) is 2.37. The van der Waals surface area contributed by atoms with E-state index in [2.05, 4.69) is 37.3 Å². The Hall–Kier alpha value is -0.820. The fraction of sp³-hybridized carbons (Fsp3) is 0.667. The third-order valence-electron chi connectivity index (χ3n) is 6.36. The molecular formula is C18H25N. The van der Waals surface area contributed by atoms with Gasteiger partial charge in [-0.1, -0.05) is 43.7 Å². The Morgan fingerprint density at radius 2 is 1.84 bits per heavy atom.